The molecule has 3 rings (SSSR count). The molecule has 0 spiro atoms. The molecule has 1 saturated carbocycles. The number of benzene rings is 2. The fourth-order valence-corrected chi connectivity index (χ4v) is 5.16. The maximum Gasteiger partial charge on any atom is 2.00 e. The monoisotopic (exact) mass is 695 g/mol. The van der Waals surface area contributed by atoms with Gasteiger partial charge in [-0.2, -0.15) is 0 Å². The first-order chi connectivity index (χ1) is 21.1. The van der Waals surface area contributed by atoms with Gasteiger partial charge in [0.15, 0.2) is 0 Å². The second kappa shape index (κ2) is 19.0. The second-order valence-electron chi connectivity index (χ2n) is 14.8. The third-order valence-corrected chi connectivity index (χ3v) is 7.78. The number of hydrogen-bond donors (Lipinski definition) is 2. The Morgan fingerprint density at radius 1 is 0.702 bits per heavy atom. The summed E-state index contributed by atoms with van der Waals surface area (Å²) in [4.78, 5) is 27.8. The molecule has 2 aromatic rings. The Bertz CT molecular complexity index is 1270. The van der Waals surface area contributed by atoms with Crippen LogP contribution in [0.5, 0.6) is 11.5 Å². The quantitative estimate of drug-likeness (QED) is 0.340. The van der Waals surface area contributed by atoms with Crippen LogP contribution in [0.1, 0.15) is 154 Å². The zero-order valence-corrected chi connectivity index (χ0v) is 31.4. The van der Waals surface area contributed by atoms with Gasteiger partial charge in [0.05, 0.1) is 12.1 Å². The Morgan fingerprint density at radius 3 is 1.21 bits per heavy atom. The molecule has 8 nitrogen and oxygen atoms in total. The van der Waals surface area contributed by atoms with Crippen LogP contribution >= 0.6 is 0 Å². The van der Waals surface area contributed by atoms with Gasteiger partial charge in [-0.15, -0.1) is 0 Å². The van der Waals surface area contributed by atoms with Gasteiger partial charge in [0.2, 0.25) is 0 Å². The van der Waals surface area contributed by atoms with Crippen molar-refractivity contribution in [1.82, 2.24) is 0 Å². The zero-order chi connectivity index (χ0) is 35.6. The van der Waals surface area contributed by atoms with Gasteiger partial charge in [0.1, 0.15) is 11.5 Å². The summed E-state index contributed by atoms with van der Waals surface area (Å²) in [5, 5.41) is 40.0. The van der Waals surface area contributed by atoms with Gasteiger partial charge in [0, 0.05) is 46.6 Å². The van der Waals surface area contributed by atoms with Crippen LogP contribution in [-0.2, 0) is 37.2 Å². The first kappa shape index (κ1) is 43.8. The average Bonchev–Trinajstić information content (AvgIpc) is 2.90. The van der Waals surface area contributed by atoms with Crippen molar-refractivity contribution in [3.63, 3.8) is 0 Å². The average molecular weight is 696 g/mol. The van der Waals surface area contributed by atoms with Crippen LogP contribution in [-0.4, -0.2) is 46.7 Å². The minimum Gasteiger partial charge on any atom is -0.550 e. The van der Waals surface area contributed by atoms with Gasteiger partial charge in [-0.25, -0.2) is 0 Å². The van der Waals surface area contributed by atoms with Crippen LogP contribution < -0.4 is 10.2 Å². The van der Waals surface area contributed by atoms with Crippen LogP contribution in [0.3, 0.4) is 0 Å². The first-order valence-electron chi connectivity index (χ1n) is 16.2. The van der Waals surface area contributed by atoms with E-state index in [0.717, 1.165) is 61.8 Å². The first-order valence-corrected chi connectivity index (χ1v) is 16.2. The molecule has 1 radical (unpaired) electrons. The van der Waals surface area contributed by atoms with Crippen molar-refractivity contribution in [2.24, 2.45) is 9.98 Å². The number of phenolic OH excluding ortho intramolecular Hbond substituents is 2. The van der Waals surface area contributed by atoms with Gasteiger partial charge in [0.25, 0.3) is 0 Å². The number of aliphatic imine (C=N–C) groups is 2. The molecular weight excluding hydrogens is 639 g/mol. The van der Waals surface area contributed by atoms with Crippen LogP contribution in [0.4, 0.5) is 0 Å². The molecule has 2 atom stereocenters. The van der Waals surface area contributed by atoms with E-state index in [1.165, 1.54) is 11.1 Å². The van der Waals surface area contributed by atoms with E-state index in [1.54, 1.807) is 0 Å². The summed E-state index contributed by atoms with van der Waals surface area (Å²) in [6.07, 6.45) is 7.93. The van der Waals surface area contributed by atoms with Crippen molar-refractivity contribution in [3.05, 3.63) is 57.6 Å². The summed E-state index contributed by atoms with van der Waals surface area (Å²) in [6, 6.07) is 8.52. The predicted molar refractivity (Wildman–Crippen MR) is 184 cm³/mol. The standard InChI is InChI=1S/C34H50N2O2.2C2H4O2.Co/c1-21(2)23-15-25(31(37)27(17-23)33(5,6)7)19-35-29-13-11-12-14-30(29)36-20-26-16-24(22(3)4)18-28(32(26)38)34(8,9)10;2*1-2(3)4;/h15-22,29-30,37-38H,11-14H2,1-10H3;2*1H3,(H,3,4);/q;;;+2/p-2. The number of carboxylic acids is 2. The number of aromatic hydroxyl groups is 2. The Balaban J connectivity index is 0.00000211. The molecule has 2 N–H and O–H groups in total. The molecule has 1 aliphatic carbocycles. The SMILES string of the molecule is CC(=O)[O-].CC(=O)[O-].CC(C)c1cc(C=NC2CCCCC2N=Cc2cc(C(C)C)cc(C(C)(C)C)c2O)c(O)c(C(C)(C)C)c1.[Co+2]. The largest absolute Gasteiger partial charge is 2.00 e. The molecular formula is C38H56CoN2O6. The third kappa shape index (κ3) is 14.6. The third-order valence-electron chi connectivity index (χ3n) is 7.78. The maximum atomic E-state index is 11.1. The van der Waals surface area contributed by atoms with Crippen molar-refractivity contribution in [3.8, 4) is 11.5 Å². The smallest absolute Gasteiger partial charge is 0.550 e. The summed E-state index contributed by atoms with van der Waals surface area (Å²) in [7, 11) is 0. The topological polar surface area (TPSA) is 145 Å². The van der Waals surface area contributed by atoms with Crippen molar-refractivity contribution in [2.75, 3.05) is 0 Å². The summed E-state index contributed by atoms with van der Waals surface area (Å²) in [5.74, 6) is -0.787. The number of carbonyl (C=O) groups is 2. The van der Waals surface area contributed by atoms with E-state index in [1.807, 2.05) is 12.4 Å². The minimum absolute atomic E-state index is 0. The Morgan fingerprint density at radius 2 is 0.979 bits per heavy atom. The number of hydrogen-bond acceptors (Lipinski definition) is 8. The Hall–Kier alpha value is -3.17. The number of nitrogens with zero attached hydrogens (tertiary/aromatic N) is 2. The van der Waals surface area contributed by atoms with E-state index < -0.39 is 11.9 Å². The van der Waals surface area contributed by atoms with E-state index in [9.17, 15) is 10.2 Å². The summed E-state index contributed by atoms with van der Waals surface area (Å²) in [5.41, 5.74) is 5.58. The van der Waals surface area contributed by atoms with E-state index >= 15 is 0 Å². The molecule has 2 unspecified atom stereocenters. The molecule has 47 heavy (non-hydrogen) atoms. The maximum absolute atomic E-state index is 11.1. The predicted octanol–water partition coefficient (Wildman–Crippen LogP) is 6.30. The minimum atomic E-state index is -1.08. The van der Waals surface area contributed by atoms with Crippen molar-refractivity contribution >= 4 is 24.4 Å². The number of aliphatic carboxylic acids is 2. The number of phenols is 2. The number of carbonyl (C=O) groups excluding carboxylic acids is 2. The molecule has 1 aliphatic rings. The molecule has 9 heteroatoms. The van der Waals surface area contributed by atoms with E-state index in [-0.39, 0.29) is 39.7 Å². The molecule has 0 saturated heterocycles. The molecule has 0 amide bonds. The Kier molecular flexibility index (Phi) is 17.7. The fourth-order valence-electron chi connectivity index (χ4n) is 5.16. The van der Waals surface area contributed by atoms with Gasteiger partial charge in [-0.3, -0.25) is 9.98 Å². The zero-order valence-electron chi connectivity index (χ0n) is 30.4. The van der Waals surface area contributed by atoms with E-state index in [2.05, 4.69) is 93.5 Å². The van der Waals surface area contributed by atoms with Crippen molar-refractivity contribution < 1.29 is 46.8 Å². The molecule has 0 heterocycles. The van der Waals surface area contributed by atoms with Crippen molar-refractivity contribution in [2.45, 2.75) is 144 Å². The van der Waals surface area contributed by atoms with Crippen LogP contribution in [0.2, 0.25) is 0 Å². The van der Waals surface area contributed by atoms with E-state index in [0.29, 0.717) is 23.3 Å². The fraction of sp³-hybridized carbons (Fsp3) is 0.579. The molecule has 263 valence electrons. The summed E-state index contributed by atoms with van der Waals surface area (Å²) >= 11 is 0. The molecule has 0 bridgehead atoms. The number of rotatable bonds is 6. The molecule has 1 fully saturated rings. The molecule has 0 aromatic heterocycles. The van der Waals surface area contributed by atoms with E-state index in [4.69, 9.17) is 29.8 Å². The molecule has 0 aliphatic heterocycles. The van der Waals surface area contributed by atoms with Crippen LogP contribution in [0.25, 0.3) is 0 Å². The summed E-state index contributed by atoms with van der Waals surface area (Å²) in [6.45, 7) is 23.5. The Labute approximate surface area is 293 Å². The number of carboxylic acid groups (broad SMARTS) is 2. The second-order valence-corrected chi connectivity index (χ2v) is 14.8. The normalized spacial score (nSPS) is 16.7. The van der Waals surface area contributed by atoms with Gasteiger partial charge >= 0.3 is 16.8 Å². The molecule has 2 aromatic carbocycles. The van der Waals surface area contributed by atoms with Gasteiger partial charge in [-0.1, -0.05) is 94.2 Å². The van der Waals surface area contributed by atoms with Gasteiger partial charge in [-0.05, 0) is 72.6 Å². The summed E-state index contributed by atoms with van der Waals surface area (Å²) < 4.78 is 0. The van der Waals surface area contributed by atoms with Crippen LogP contribution in [0, 0.1) is 0 Å². The van der Waals surface area contributed by atoms with Gasteiger partial charge < -0.3 is 30.0 Å². The van der Waals surface area contributed by atoms with Crippen LogP contribution in [0.15, 0.2) is 34.3 Å². The van der Waals surface area contributed by atoms with Crippen molar-refractivity contribution in [1.29, 1.82) is 0 Å².